The fourth-order valence-electron chi connectivity index (χ4n) is 2.81. The third-order valence-corrected chi connectivity index (χ3v) is 5.33. The van der Waals surface area contributed by atoms with E-state index < -0.39 is 16.3 Å². The lowest BCUT2D eigenvalue weighted by Gasteiger charge is -2.42. The van der Waals surface area contributed by atoms with Crippen LogP contribution in [0.4, 0.5) is 10.8 Å². The number of nitro benzene ring substituents is 1. The molecule has 3 heterocycles. The molecule has 2 unspecified atom stereocenters. The van der Waals surface area contributed by atoms with Crippen LogP contribution >= 0.6 is 22.9 Å². The summed E-state index contributed by atoms with van der Waals surface area (Å²) in [6.45, 7) is 0.424. The average Bonchev–Trinajstić information content (AvgIpc) is 3.31. The Balaban J connectivity index is 1.65. The van der Waals surface area contributed by atoms with Crippen LogP contribution in [0.25, 0.3) is 0 Å². The Hall–Kier alpha value is -2.85. The summed E-state index contributed by atoms with van der Waals surface area (Å²) in [7, 11) is 0. The first-order valence-corrected chi connectivity index (χ1v) is 8.82. The van der Waals surface area contributed by atoms with Gasteiger partial charge < -0.3 is 0 Å². The summed E-state index contributed by atoms with van der Waals surface area (Å²) in [6, 6.07) is 7.38. The van der Waals surface area contributed by atoms with Gasteiger partial charge in [0.05, 0.1) is 23.1 Å². The van der Waals surface area contributed by atoms with Crippen molar-refractivity contribution < 1.29 is 9.72 Å². The average molecular weight is 391 g/mol. The molecular weight excluding hydrogens is 380 g/mol. The smallest absolute Gasteiger partial charge is 0.274 e. The second-order valence-electron chi connectivity index (χ2n) is 5.55. The molecule has 1 aromatic carbocycles. The molecule has 0 bridgehead atoms. The molecule has 132 valence electrons. The molecule has 3 aromatic rings. The van der Waals surface area contributed by atoms with Crippen LogP contribution in [0.15, 0.2) is 42.7 Å². The van der Waals surface area contributed by atoms with Gasteiger partial charge in [0.15, 0.2) is 0 Å². The normalized spacial score (nSPS) is 19.4. The van der Waals surface area contributed by atoms with Crippen LogP contribution in [-0.4, -0.2) is 36.2 Å². The number of benzene rings is 1. The van der Waals surface area contributed by atoms with Gasteiger partial charge in [-0.05, 0) is 12.1 Å². The maximum absolute atomic E-state index is 12.3. The van der Waals surface area contributed by atoms with Gasteiger partial charge in [-0.25, -0.2) is 0 Å². The van der Waals surface area contributed by atoms with Gasteiger partial charge in [0.2, 0.25) is 11.0 Å². The molecule has 9 nitrogen and oxygen atoms in total. The highest BCUT2D eigenvalue weighted by atomic mass is 35.5. The number of β-lactam (4-membered cyclic amide) rings is 1. The zero-order valence-corrected chi connectivity index (χ0v) is 14.7. The zero-order chi connectivity index (χ0) is 18.3. The molecule has 2 atom stereocenters. The lowest BCUT2D eigenvalue weighted by molar-refractivity contribution is -0.385. The fourth-order valence-corrected chi connectivity index (χ4v) is 4.03. The molecule has 1 saturated heterocycles. The molecule has 1 fully saturated rings. The molecule has 0 N–H and O–H groups in total. The van der Waals surface area contributed by atoms with Crippen molar-refractivity contribution in [1.82, 2.24) is 20.0 Å². The lowest BCUT2D eigenvalue weighted by atomic mass is 9.92. The number of hydrogen-bond acceptors (Lipinski definition) is 7. The molecule has 11 heteroatoms. The molecule has 26 heavy (non-hydrogen) atoms. The first kappa shape index (κ1) is 16.6. The van der Waals surface area contributed by atoms with Gasteiger partial charge in [-0.2, -0.15) is 5.10 Å². The molecule has 2 aromatic heterocycles. The maximum Gasteiger partial charge on any atom is 0.274 e. The van der Waals surface area contributed by atoms with E-state index in [1.807, 2.05) is 0 Å². The standard InChI is InChI=1S/C15H11ClN6O3S/c16-12-13(9-4-1-2-5-10(9)22(24)25)21(14(12)23)15-19-18-11(26-15)8-20-7-3-6-17-20/h1-7,12-13H,8H2. The number of hydrogen-bond donors (Lipinski definition) is 0. The van der Waals surface area contributed by atoms with Crippen LogP contribution in [0.2, 0.25) is 0 Å². The van der Waals surface area contributed by atoms with Crippen molar-refractivity contribution in [2.24, 2.45) is 0 Å². The number of halogens is 1. The monoisotopic (exact) mass is 390 g/mol. The Morgan fingerprint density at radius 3 is 2.81 bits per heavy atom. The molecule has 1 aliphatic rings. The van der Waals surface area contributed by atoms with Crippen LogP contribution < -0.4 is 4.90 Å². The van der Waals surface area contributed by atoms with E-state index in [0.717, 1.165) is 0 Å². The first-order chi connectivity index (χ1) is 12.6. The van der Waals surface area contributed by atoms with Gasteiger partial charge in [-0.1, -0.05) is 23.5 Å². The molecule has 0 spiro atoms. The number of nitrogens with zero attached hydrogens (tertiary/aromatic N) is 6. The van der Waals surface area contributed by atoms with Gasteiger partial charge >= 0.3 is 0 Å². The van der Waals surface area contributed by atoms with Gasteiger partial charge in [0.25, 0.3) is 5.69 Å². The Morgan fingerprint density at radius 1 is 1.27 bits per heavy atom. The van der Waals surface area contributed by atoms with E-state index in [0.29, 0.717) is 22.2 Å². The van der Waals surface area contributed by atoms with Crippen molar-refractivity contribution in [2.45, 2.75) is 18.0 Å². The quantitative estimate of drug-likeness (QED) is 0.286. The molecule has 0 radical (unpaired) electrons. The number of nitro groups is 1. The number of anilines is 1. The molecular formula is C15H11ClN6O3S. The van der Waals surface area contributed by atoms with E-state index in [2.05, 4.69) is 15.3 Å². The highest BCUT2D eigenvalue weighted by molar-refractivity contribution is 7.15. The van der Waals surface area contributed by atoms with Crippen molar-refractivity contribution in [2.75, 3.05) is 4.90 Å². The van der Waals surface area contributed by atoms with Crippen molar-refractivity contribution in [1.29, 1.82) is 0 Å². The Bertz CT molecular complexity index is 975. The SMILES string of the molecule is O=C1C(Cl)C(c2ccccc2[N+](=O)[O-])N1c1nnc(Cn2cccn2)s1. The third kappa shape index (κ3) is 2.72. The van der Waals surface area contributed by atoms with Crippen LogP contribution in [0, 0.1) is 10.1 Å². The van der Waals surface area contributed by atoms with Crippen LogP contribution in [0.1, 0.15) is 16.6 Å². The number of carbonyl (C=O) groups excluding carboxylic acids is 1. The van der Waals surface area contributed by atoms with E-state index in [-0.39, 0.29) is 11.6 Å². The van der Waals surface area contributed by atoms with Gasteiger partial charge in [-0.3, -0.25) is 24.5 Å². The van der Waals surface area contributed by atoms with E-state index in [1.54, 1.807) is 41.3 Å². The summed E-state index contributed by atoms with van der Waals surface area (Å²) in [5, 5.41) is 23.7. The molecule has 1 aliphatic heterocycles. The van der Waals surface area contributed by atoms with E-state index in [9.17, 15) is 14.9 Å². The Morgan fingerprint density at radius 2 is 2.08 bits per heavy atom. The minimum Gasteiger partial charge on any atom is -0.275 e. The Labute approximate surface area is 156 Å². The van der Waals surface area contributed by atoms with Gasteiger partial charge in [0.1, 0.15) is 10.4 Å². The summed E-state index contributed by atoms with van der Waals surface area (Å²) in [4.78, 5) is 24.5. The summed E-state index contributed by atoms with van der Waals surface area (Å²) in [5.41, 5.74) is 0.294. The number of carbonyl (C=O) groups is 1. The summed E-state index contributed by atoms with van der Waals surface area (Å²) in [5.74, 6) is -0.350. The number of alkyl halides is 1. The highest BCUT2D eigenvalue weighted by Crippen LogP contribution is 2.45. The van der Waals surface area contributed by atoms with Crippen molar-refractivity contribution >= 4 is 39.7 Å². The first-order valence-electron chi connectivity index (χ1n) is 7.56. The summed E-state index contributed by atoms with van der Waals surface area (Å²) in [6.07, 6.45) is 3.45. The number of rotatable bonds is 5. The minimum atomic E-state index is -0.880. The lowest BCUT2D eigenvalue weighted by Crippen LogP contribution is -2.56. The van der Waals surface area contributed by atoms with Crippen molar-refractivity contribution in [3.8, 4) is 0 Å². The number of aromatic nitrogens is 4. The van der Waals surface area contributed by atoms with Crippen LogP contribution in [-0.2, 0) is 11.3 Å². The van der Waals surface area contributed by atoms with Gasteiger partial charge in [0, 0.05) is 18.5 Å². The van der Waals surface area contributed by atoms with E-state index in [4.69, 9.17) is 11.6 Å². The fraction of sp³-hybridized carbons (Fsp3) is 0.200. The third-order valence-electron chi connectivity index (χ3n) is 4.00. The number of para-hydroxylation sites is 1. The van der Waals surface area contributed by atoms with E-state index in [1.165, 1.54) is 22.3 Å². The largest absolute Gasteiger partial charge is 0.275 e. The maximum atomic E-state index is 12.3. The molecule has 0 aliphatic carbocycles. The number of amides is 1. The topological polar surface area (TPSA) is 107 Å². The summed E-state index contributed by atoms with van der Waals surface area (Å²) >= 11 is 7.40. The molecule has 1 amide bonds. The van der Waals surface area contributed by atoms with E-state index >= 15 is 0 Å². The van der Waals surface area contributed by atoms with Crippen LogP contribution in [0.5, 0.6) is 0 Å². The summed E-state index contributed by atoms with van der Waals surface area (Å²) < 4.78 is 1.69. The highest BCUT2D eigenvalue weighted by Gasteiger charge is 2.51. The zero-order valence-electron chi connectivity index (χ0n) is 13.1. The second-order valence-corrected chi connectivity index (χ2v) is 7.06. The minimum absolute atomic E-state index is 0.0815. The van der Waals surface area contributed by atoms with Gasteiger partial charge in [-0.15, -0.1) is 21.8 Å². The second kappa shape index (κ2) is 6.46. The molecule has 4 rings (SSSR count). The van der Waals surface area contributed by atoms with Crippen molar-refractivity contribution in [3.05, 3.63) is 63.4 Å². The predicted octanol–water partition coefficient (Wildman–Crippen LogP) is 2.39. The van der Waals surface area contributed by atoms with Crippen molar-refractivity contribution in [3.63, 3.8) is 0 Å². The van der Waals surface area contributed by atoms with Crippen LogP contribution in [0.3, 0.4) is 0 Å². The Kier molecular flexibility index (Phi) is 4.13. The molecule has 0 saturated carbocycles. The predicted molar refractivity (Wildman–Crippen MR) is 94.2 cm³/mol.